The van der Waals surface area contributed by atoms with Gasteiger partial charge in [-0.1, -0.05) is 93.3 Å². The van der Waals surface area contributed by atoms with Crippen molar-refractivity contribution < 1.29 is 4.74 Å². The summed E-state index contributed by atoms with van der Waals surface area (Å²) in [5, 5.41) is 0. The molecule has 1 nitrogen and oxygen atoms in total. The van der Waals surface area contributed by atoms with Gasteiger partial charge in [0.05, 0.1) is 6.61 Å². The molecule has 0 aromatic heterocycles. The molecule has 1 aromatic carbocycles. The Morgan fingerprint density at radius 3 is 2.10 bits per heavy atom. The minimum absolute atomic E-state index is 0.749. The molecule has 1 aromatic rings. The molecule has 0 saturated heterocycles. The van der Waals surface area contributed by atoms with Crippen molar-refractivity contribution in [2.45, 2.75) is 115 Å². The zero-order chi connectivity index (χ0) is 21.9. The highest BCUT2D eigenvalue weighted by Crippen LogP contribution is 2.40. The molecule has 2 saturated carbocycles. The summed E-state index contributed by atoms with van der Waals surface area (Å²) < 4.78 is 6.16. The second-order valence-electron chi connectivity index (χ2n) is 10.6. The molecule has 176 valence electrons. The fourth-order valence-electron chi connectivity index (χ4n) is 5.94. The first-order valence-electron chi connectivity index (χ1n) is 13.5. The van der Waals surface area contributed by atoms with E-state index >= 15 is 0 Å². The van der Waals surface area contributed by atoms with Crippen molar-refractivity contribution in [2.24, 2.45) is 23.7 Å². The molecule has 2 heteroatoms. The zero-order valence-corrected chi connectivity index (χ0v) is 21.9. The molecule has 3 rings (SSSR count). The van der Waals surface area contributed by atoms with Crippen molar-refractivity contribution in [1.29, 1.82) is 0 Å². The van der Waals surface area contributed by atoms with E-state index in [1.807, 2.05) is 0 Å². The van der Waals surface area contributed by atoms with Gasteiger partial charge >= 0.3 is 0 Å². The minimum atomic E-state index is 0.749. The normalized spacial score (nSPS) is 27.7. The number of hydrogen-bond acceptors (Lipinski definition) is 1. The minimum Gasteiger partial charge on any atom is -0.493 e. The molecule has 1 unspecified atom stereocenters. The fraction of sp³-hybridized carbons (Fsp3) is 0.793. The molecular formula is C29H47BrO. The average molecular weight is 492 g/mol. The van der Waals surface area contributed by atoms with Crippen LogP contribution in [0, 0.1) is 23.7 Å². The van der Waals surface area contributed by atoms with Crippen LogP contribution in [0.25, 0.3) is 0 Å². The summed E-state index contributed by atoms with van der Waals surface area (Å²) in [4.78, 5) is 0.753. The van der Waals surface area contributed by atoms with Gasteiger partial charge in [0.25, 0.3) is 0 Å². The maximum Gasteiger partial charge on any atom is 0.119 e. The number of halogens is 1. The number of ether oxygens (including phenoxy) is 1. The summed E-state index contributed by atoms with van der Waals surface area (Å²) in [7, 11) is 0. The number of hydrogen-bond donors (Lipinski definition) is 0. The molecule has 0 bridgehead atoms. The van der Waals surface area contributed by atoms with Crippen LogP contribution in [0.5, 0.6) is 5.75 Å². The molecule has 0 N–H and O–H groups in total. The number of rotatable bonds is 12. The molecule has 0 spiro atoms. The number of unbranched alkanes of at least 4 members (excludes halogenated alkanes) is 2. The van der Waals surface area contributed by atoms with Crippen molar-refractivity contribution in [3.63, 3.8) is 0 Å². The molecule has 2 aliphatic carbocycles. The Kier molecular flexibility index (Phi) is 11.3. The molecule has 0 radical (unpaired) electrons. The summed E-state index contributed by atoms with van der Waals surface area (Å²) in [5.74, 6) is 4.68. The smallest absolute Gasteiger partial charge is 0.119 e. The van der Waals surface area contributed by atoms with Gasteiger partial charge in [-0.05, 0) is 86.3 Å². The summed E-state index contributed by atoms with van der Waals surface area (Å²) in [5.41, 5.74) is 1.45. The van der Waals surface area contributed by atoms with Crippen LogP contribution in [0.4, 0.5) is 0 Å². The van der Waals surface area contributed by atoms with E-state index in [4.69, 9.17) is 4.74 Å². The van der Waals surface area contributed by atoms with Crippen LogP contribution in [0.15, 0.2) is 24.3 Å². The third-order valence-electron chi connectivity index (χ3n) is 8.10. The van der Waals surface area contributed by atoms with Gasteiger partial charge in [0.2, 0.25) is 0 Å². The second-order valence-corrected chi connectivity index (χ2v) is 11.8. The lowest BCUT2D eigenvalue weighted by Crippen LogP contribution is -2.26. The predicted octanol–water partition coefficient (Wildman–Crippen LogP) is 9.36. The van der Waals surface area contributed by atoms with E-state index in [0.29, 0.717) is 0 Å². The largest absolute Gasteiger partial charge is 0.493 e. The number of alkyl halides is 1. The van der Waals surface area contributed by atoms with E-state index in [9.17, 15) is 0 Å². The highest BCUT2D eigenvalue weighted by molar-refractivity contribution is 9.09. The van der Waals surface area contributed by atoms with Crippen LogP contribution in [-0.4, -0.2) is 11.4 Å². The van der Waals surface area contributed by atoms with Crippen molar-refractivity contribution in [3.8, 4) is 5.75 Å². The molecule has 2 aliphatic rings. The quantitative estimate of drug-likeness (QED) is 0.209. The third kappa shape index (κ3) is 8.75. The predicted molar refractivity (Wildman–Crippen MR) is 138 cm³/mol. The molecular weight excluding hydrogens is 444 g/mol. The molecule has 0 heterocycles. The van der Waals surface area contributed by atoms with Gasteiger partial charge in [-0.2, -0.15) is 0 Å². The van der Waals surface area contributed by atoms with Crippen LogP contribution in [0.3, 0.4) is 0 Å². The lowest BCUT2D eigenvalue weighted by molar-refractivity contribution is 0.171. The summed E-state index contributed by atoms with van der Waals surface area (Å²) in [6.07, 6.45) is 20.7. The highest BCUT2D eigenvalue weighted by atomic mass is 79.9. The van der Waals surface area contributed by atoms with E-state index in [2.05, 4.69) is 54.0 Å². The third-order valence-corrected chi connectivity index (χ3v) is 9.22. The van der Waals surface area contributed by atoms with E-state index in [1.165, 1.54) is 102 Å². The molecule has 1 atom stereocenters. The summed E-state index contributed by atoms with van der Waals surface area (Å²) in [6.45, 7) is 5.51. The average Bonchev–Trinajstić information content (AvgIpc) is 2.80. The van der Waals surface area contributed by atoms with Gasteiger partial charge < -0.3 is 4.74 Å². The van der Waals surface area contributed by atoms with Crippen molar-refractivity contribution >= 4 is 15.9 Å². The first-order chi connectivity index (χ1) is 15.2. The zero-order valence-electron chi connectivity index (χ0n) is 20.3. The SMILES string of the molecule is CCCCCc1ccc(OC[C@H]2CC[C@H](CC(Br)[C@H]3CC[C@H](CCC)CC3)CC2)cc1. The van der Waals surface area contributed by atoms with Crippen molar-refractivity contribution in [1.82, 2.24) is 0 Å². The van der Waals surface area contributed by atoms with Crippen LogP contribution in [-0.2, 0) is 6.42 Å². The summed E-state index contributed by atoms with van der Waals surface area (Å²) in [6, 6.07) is 8.87. The second kappa shape index (κ2) is 13.9. The van der Waals surface area contributed by atoms with E-state index in [0.717, 1.165) is 40.9 Å². The van der Waals surface area contributed by atoms with Gasteiger partial charge in [0.15, 0.2) is 0 Å². The molecule has 0 aliphatic heterocycles. The number of benzene rings is 1. The van der Waals surface area contributed by atoms with Crippen LogP contribution in [0.1, 0.15) is 109 Å². The molecule has 2 fully saturated rings. The van der Waals surface area contributed by atoms with Gasteiger partial charge in [-0.15, -0.1) is 0 Å². The number of aryl methyl sites for hydroxylation is 1. The molecule has 31 heavy (non-hydrogen) atoms. The van der Waals surface area contributed by atoms with Gasteiger partial charge in [0.1, 0.15) is 5.75 Å². The Morgan fingerprint density at radius 2 is 1.45 bits per heavy atom. The van der Waals surface area contributed by atoms with Gasteiger partial charge in [-0.3, -0.25) is 0 Å². The Hall–Kier alpha value is -0.500. The van der Waals surface area contributed by atoms with Gasteiger partial charge in [-0.25, -0.2) is 0 Å². The summed E-state index contributed by atoms with van der Waals surface area (Å²) >= 11 is 4.11. The first kappa shape index (κ1) is 25.1. The van der Waals surface area contributed by atoms with E-state index in [1.54, 1.807) is 0 Å². The standard InChI is InChI=1S/C29H47BrO/c1-3-5-6-8-24-15-19-28(20-16-24)31-22-26-11-9-25(10-12-26)21-29(30)27-17-13-23(7-4-2)14-18-27/h15-16,19-20,23,25-27,29H,3-14,17-18,21-22H2,1-2H3/t23-,25-,26-,27-,29?. The first-order valence-corrected chi connectivity index (χ1v) is 14.4. The topological polar surface area (TPSA) is 9.23 Å². The van der Waals surface area contributed by atoms with Crippen LogP contribution < -0.4 is 4.74 Å². The van der Waals surface area contributed by atoms with Crippen LogP contribution in [0.2, 0.25) is 0 Å². The lowest BCUT2D eigenvalue weighted by atomic mass is 9.75. The van der Waals surface area contributed by atoms with Crippen molar-refractivity contribution in [2.75, 3.05) is 6.61 Å². The maximum absolute atomic E-state index is 6.16. The van der Waals surface area contributed by atoms with E-state index in [-0.39, 0.29) is 0 Å². The Morgan fingerprint density at radius 1 is 0.806 bits per heavy atom. The monoisotopic (exact) mass is 490 g/mol. The lowest BCUT2D eigenvalue weighted by Gasteiger charge is -2.35. The molecule has 0 amide bonds. The van der Waals surface area contributed by atoms with Crippen molar-refractivity contribution in [3.05, 3.63) is 29.8 Å². The van der Waals surface area contributed by atoms with Crippen LogP contribution >= 0.6 is 15.9 Å². The highest BCUT2D eigenvalue weighted by Gasteiger charge is 2.29. The van der Waals surface area contributed by atoms with Gasteiger partial charge in [0, 0.05) is 4.83 Å². The van der Waals surface area contributed by atoms with E-state index < -0.39 is 0 Å². The maximum atomic E-state index is 6.16. The Bertz CT molecular complexity index is 581. The Balaban J connectivity index is 1.30. The fourth-order valence-corrected chi connectivity index (χ4v) is 6.99. The Labute approximate surface area is 201 Å².